The number of aliphatic hydroxyl groups excluding tert-OH is 1. The van der Waals surface area contributed by atoms with E-state index in [-0.39, 0.29) is 17.5 Å². The normalized spacial score (nSPS) is 13.0. The molecule has 144 valence electrons. The highest BCUT2D eigenvalue weighted by molar-refractivity contribution is 9.10. The van der Waals surface area contributed by atoms with Gasteiger partial charge in [0.15, 0.2) is 0 Å². The molecule has 0 saturated heterocycles. The maximum Gasteiger partial charge on any atom is 0.271 e. The second kappa shape index (κ2) is 8.95. The Labute approximate surface area is 170 Å². The lowest BCUT2D eigenvalue weighted by molar-refractivity contribution is -0.384. The molecule has 2 atom stereocenters. The zero-order valence-electron chi connectivity index (χ0n) is 14.8. The van der Waals surface area contributed by atoms with Crippen molar-refractivity contribution in [3.8, 4) is 0 Å². The van der Waals surface area contributed by atoms with Gasteiger partial charge in [-0.15, -0.1) is 0 Å². The van der Waals surface area contributed by atoms with Crippen LogP contribution in [0.15, 0.2) is 77.3 Å². The number of hydrogen-bond acceptors (Lipinski definition) is 4. The molecule has 2 unspecified atom stereocenters. The number of anilines is 1. The summed E-state index contributed by atoms with van der Waals surface area (Å²) in [5.74, 6) is -0.366. The van der Waals surface area contributed by atoms with Crippen molar-refractivity contribution in [2.24, 2.45) is 0 Å². The third-order valence-electron chi connectivity index (χ3n) is 4.38. The maximum absolute atomic E-state index is 13.2. The predicted octanol–water partition coefficient (Wildman–Crippen LogP) is 5.77. The number of benzene rings is 3. The lowest BCUT2D eigenvalue weighted by Crippen LogP contribution is -2.15. The summed E-state index contributed by atoms with van der Waals surface area (Å²) >= 11 is 3.40. The monoisotopic (exact) mass is 444 g/mol. The molecule has 0 heterocycles. The molecule has 0 aliphatic carbocycles. The Morgan fingerprint density at radius 2 is 1.68 bits per heavy atom. The number of halogens is 2. The van der Waals surface area contributed by atoms with Gasteiger partial charge in [0.25, 0.3) is 5.69 Å². The molecule has 0 amide bonds. The number of nitrogens with zero attached hydrogens (tertiary/aromatic N) is 1. The van der Waals surface area contributed by atoms with Crippen LogP contribution in [0, 0.1) is 15.9 Å². The molecule has 0 aromatic heterocycles. The zero-order chi connectivity index (χ0) is 20.1. The Kier molecular flexibility index (Phi) is 6.38. The third kappa shape index (κ3) is 5.15. The molecule has 5 nitrogen and oxygen atoms in total. The van der Waals surface area contributed by atoms with E-state index in [2.05, 4.69) is 21.2 Å². The summed E-state index contributed by atoms with van der Waals surface area (Å²) in [5, 5.41) is 24.9. The standard InChI is InChI=1S/C21H18BrFN2O3/c22-16-8-4-14(5-9-16)20(13-21(26)15-6-10-17(23)11-7-15)24-18-2-1-3-19(12-18)25(27)28/h1-12,20-21,24,26H,13H2. The molecular weight excluding hydrogens is 427 g/mol. The van der Waals surface area contributed by atoms with Crippen molar-refractivity contribution in [2.75, 3.05) is 5.32 Å². The van der Waals surface area contributed by atoms with Gasteiger partial charge < -0.3 is 10.4 Å². The lowest BCUT2D eigenvalue weighted by atomic mass is 9.96. The number of nitro benzene ring substituents is 1. The number of aliphatic hydroxyl groups is 1. The van der Waals surface area contributed by atoms with Crippen LogP contribution >= 0.6 is 15.9 Å². The van der Waals surface area contributed by atoms with E-state index in [1.54, 1.807) is 24.3 Å². The molecule has 2 N–H and O–H groups in total. The molecule has 28 heavy (non-hydrogen) atoms. The summed E-state index contributed by atoms with van der Waals surface area (Å²) in [5.41, 5.74) is 2.08. The lowest BCUT2D eigenvalue weighted by Gasteiger charge is -2.23. The highest BCUT2D eigenvalue weighted by atomic mass is 79.9. The average Bonchev–Trinajstić information content (AvgIpc) is 2.68. The third-order valence-corrected chi connectivity index (χ3v) is 4.91. The minimum Gasteiger partial charge on any atom is -0.388 e. The van der Waals surface area contributed by atoms with Crippen molar-refractivity contribution in [3.05, 3.63) is 104 Å². The molecule has 3 aromatic carbocycles. The SMILES string of the molecule is O=[N+]([O-])c1cccc(NC(CC(O)c2ccc(F)cc2)c2ccc(Br)cc2)c1. The fourth-order valence-electron chi connectivity index (χ4n) is 2.93. The van der Waals surface area contributed by atoms with Crippen molar-refractivity contribution < 1.29 is 14.4 Å². The largest absolute Gasteiger partial charge is 0.388 e. The first-order valence-corrected chi connectivity index (χ1v) is 9.41. The highest BCUT2D eigenvalue weighted by Gasteiger charge is 2.19. The molecular formula is C21H18BrFN2O3. The summed E-state index contributed by atoms with van der Waals surface area (Å²) in [6.45, 7) is 0. The van der Waals surface area contributed by atoms with E-state index in [4.69, 9.17) is 0 Å². The van der Waals surface area contributed by atoms with E-state index in [1.807, 2.05) is 24.3 Å². The van der Waals surface area contributed by atoms with E-state index in [1.165, 1.54) is 24.3 Å². The van der Waals surface area contributed by atoms with E-state index in [9.17, 15) is 19.6 Å². The minimum atomic E-state index is -0.833. The Hall–Kier alpha value is -2.77. The Balaban J connectivity index is 1.86. The first-order chi connectivity index (χ1) is 13.4. The van der Waals surface area contributed by atoms with Crippen molar-refractivity contribution >= 4 is 27.3 Å². The Bertz CT molecular complexity index is 949. The van der Waals surface area contributed by atoms with Gasteiger partial charge in [0.2, 0.25) is 0 Å². The van der Waals surface area contributed by atoms with Crippen LogP contribution in [0.2, 0.25) is 0 Å². The smallest absolute Gasteiger partial charge is 0.271 e. The highest BCUT2D eigenvalue weighted by Crippen LogP contribution is 2.31. The van der Waals surface area contributed by atoms with Crippen molar-refractivity contribution in [3.63, 3.8) is 0 Å². The molecule has 0 saturated carbocycles. The van der Waals surface area contributed by atoms with Gasteiger partial charge >= 0.3 is 0 Å². The Morgan fingerprint density at radius 1 is 1.04 bits per heavy atom. The summed E-state index contributed by atoms with van der Waals surface area (Å²) in [7, 11) is 0. The van der Waals surface area contributed by atoms with Crippen molar-refractivity contribution in [1.29, 1.82) is 0 Å². The van der Waals surface area contributed by atoms with Gasteiger partial charge in [0, 0.05) is 28.7 Å². The number of nitrogens with one attached hydrogen (secondary N) is 1. The average molecular weight is 445 g/mol. The van der Waals surface area contributed by atoms with Gasteiger partial charge in [-0.1, -0.05) is 46.3 Å². The van der Waals surface area contributed by atoms with Gasteiger partial charge in [0.05, 0.1) is 17.1 Å². The summed E-state index contributed by atoms with van der Waals surface area (Å²) in [6, 6.07) is 19.2. The summed E-state index contributed by atoms with van der Waals surface area (Å²) in [4.78, 5) is 10.6. The second-order valence-corrected chi connectivity index (χ2v) is 7.27. The molecule has 0 bridgehead atoms. The molecule has 0 spiro atoms. The van der Waals surface area contributed by atoms with Crippen molar-refractivity contribution in [1.82, 2.24) is 0 Å². The van der Waals surface area contributed by atoms with Crippen LogP contribution in [-0.4, -0.2) is 10.0 Å². The molecule has 0 fully saturated rings. The molecule has 0 aliphatic rings. The fraction of sp³-hybridized carbons (Fsp3) is 0.143. The van der Waals surface area contributed by atoms with Crippen LogP contribution < -0.4 is 5.32 Å². The van der Waals surface area contributed by atoms with E-state index in [0.717, 1.165) is 10.0 Å². The second-order valence-electron chi connectivity index (χ2n) is 6.36. The molecule has 0 aliphatic heterocycles. The van der Waals surface area contributed by atoms with Crippen LogP contribution in [0.5, 0.6) is 0 Å². The van der Waals surface area contributed by atoms with Gasteiger partial charge in [-0.05, 0) is 41.5 Å². The van der Waals surface area contributed by atoms with Gasteiger partial charge in [-0.2, -0.15) is 0 Å². The first kappa shape index (κ1) is 20.0. The van der Waals surface area contributed by atoms with E-state index in [0.29, 0.717) is 17.7 Å². The van der Waals surface area contributed by atoms with Crippen LogP contribution in [0.25, 0.3) is 0 Å². The fourth-order valence-corrected chi connectivity index (χ4v) is 3.19. The number of non-ortho nitro benzene ring substituents is 1. The van der Waals surface area contributed by atoms with Gasteiger partial charge in [0.1, 0.15) is 5.82 Å². The number of nitro groups is 1. The number of rotatable bonds is 7. The minimum absolute atomic E-state index is 0.0151. The summed E-state index contributed by atoms with van der Waals surface area (Å²) in [6.07, 6.45) is -0.531. The molecule has 3 aromatic rings. The predicted molar refractivity (Wildman–Crippen MR) is 110 cm³/mol. The van der Waals surface area contributed by atoms with E-state index >= 15 is 0 Å². The molecule has 3 rings (SSSR count). The van der Waals surface area contributed by atoms with Gasteiger partial charge in [-0.3, -0.25) is 10.1 Å². The number of hydrogen-bond donors (Lipinski definition) is 2. The first-order valence-electron chi connectivity index (χ1n) is 8.62. The van der Waals surface area contributed by atoms with E-state index < -0.39 is 11.0 Å². The van der Waals surface area contributed by atoms with Crippen LogP contribution in [0.3, 0.4) is 0 Å². The topological polar surface area (TPSA) is 75.4 Å². The van der Waals surface area contributed by atoms with Crippen LogP contribution in [-0.2, 0) is 0 Å². The zero-order valence-corrected chi connectivity index (χ0v) is 16.3. The quantitative estimate of drug-likeness (QED) is 0.358. The van der Waals surface area contributed by atoms with Crippen LogP contribution in [0.1, 0.15) is 29.7 Å². The maximum atomic E-state index is 13.2. The van der Waals surface area contributed by atoms with Gasteiger partial charge in [-0.25, -0.2) is 4.39 Å². The Morgan fingerprint density at radius 3 is 2.32 bits per heavy atom. The van der Waals surface area contributed by atoms with Crippen LogP contribution in [0.4, 0.5) is 15.8 Å². The molecule has 0 radical (unpaired) electrons. The summed E-state index contributed by atoms with van der Waals surface area (Å²) < 4.78 is 14.1. The van der Waals surface area contributed by atoms with Crippen molar-refractivity contribution in [2.45, 2.75) is 18.6 Å². The molecule has 7 heteroatoms.